The third-order valence-corrected chi connectivity index (χ3v) is 5.82. The van der Waals surface area contributed by atoms with Crippen LogP contribution in [0, 0.1) is 6.92 Å². The zero-order chi connectivity index (χ0) is 23.9. The molecule has 4 aromatic rings. The Morgan fingerprint density at radius 3 is 2.47 bits per heavy atom. The molecule has 0 unspecified atom stereocenters. The molecular weight excluding hydrogens is 448 g/mol. The maximum Gasteiger partial charge on any atom is 0.271 e. The predicted octanol–water partition coefficient (Wildman–Crippen LogP) is 5.64. The minimum atomic E-state index is -0.310. The van der Waals surface area contributed by atoms with Crippen LogP contribution in [0.2, 0.25) is 0 Å². The van der Waals surface area contributed by atoms with Gasteiger partial charge in [-0.25, -0.2) is 10.4 Å². The summed E-state index contributed by atoms with van der Waals surface area (Å²) in [5.41, 5.74) is 7.73. The number of hydrogen-bond donors (Lipinski definition) is 2. The molecule has 0 aliphatic heterocycles. The summed E-state index contributed by atoms with van der Waals surface area (Å²) >= 11 is 1.53. The van der Waals surface area contributed by atoms with Crippen molar-refractivity contribution in [2.45, 2.75) is 6.92 Å². The zero-order valence-electron chi connectivity index (χ0n) is 19.0. The van der Waals surface area contributed by atoms with Crippen molar-refractivity contribution in [1.29, 1.82) is 0 Å². The molecule has 8 heteroatoms. The molecule has 0 saturated carbocycles. The van der Waals surface area contributed by atoms with Gasteiger partial charge in [-0.05, 0) is 43.3 Å². The van der Waals surface area contributed by atoms with Gasteiger partial charge in [0.15, 0.2) is 5.13 Å². The fourth-order valence-corrected chi connectivity index (χ4v) is 3.91. The summed E-state index contributed by atoms with van der Waals surface area (Å²) in [5.74, 6) is 0.966. The fourth-order valence-electron chi connectivity index (χ4n) is 3.17. The Balaban J connectivity index is 1.38. The van der Waals surface area contributed by atoms with E-state index in [1.165, 1.54) is 23.1 Å². The Kier molecular flexibility index (Phi) is 7.19. The Labute approximate surface area is 202 Å². The molecule has 0 bridgehead atoms. The molecule has 172 valence electrons. The summed E-state index contributed by atoms with van der Waals surface area (Å²) in [5, 5.41) is 10.2. The number of hydrogen-bond acceptors (Lipinski definition) is 7. The highest BCUT2D eigenvalue weighted by atomic mass is 32.1. The first-order valence-electron chi connectivity index (χ1n) is 10.5. The Bertz CT molecular complexity index is 1300. The van der Waals surface area contributed by atoms with Crippen LogP contribution in [0.3, 0.4) is 0 Å². The Morgan fingerprint density at radius 2 is 1.76 bits per heavy atom. The number of benzene rings is 3. The summed E-state index contributed by atoms with van der Waals surface area (Å²) in [7, 11) is 3.15. The van der Waals surface area contributed by atoms with Gasteiger partial charge in [0.1, 0.15) is 11.5 Å². The SMILES string of the molecule is COc1ccc(/C=N\NC(=O)c2ccc(-c3csc(Nc4ccc(C)cc4)n3)cc2)c(OC)c1. The molecule has 0 aliphatic rings. The summed E-state index contributed by atoms with van der Waals surface area (Å²) in [4.78, 5) is 17.1. The van der Waals surface area contributed by atoms with Gasteiger partial charge < -0.3 is 14.8 Å². The number of nitrogens with zero attached hydrogens (tertiary/aromatic N) is 2. The molecule has 1 heterocycles. The molecule has 7 nitrogen and oxygen atoms in total. The normalized spacial score (nSPS) is 10.8. The number of ether oxygens (including phenoxy) is 2. The van der Waals surface area contributed by atoms with Crippen LogP contribution in [-0.2, 0) is 0 Å². The van der Waals surface area contributed by atoms with Crippen molar-refractivity contribution in [3.8, 4) is 22.8 Å². The average Bonchev–Trinajstić information content (AvgIpc) is 3.34. The highest BCUT2D eigenvalue weighted by molar-refractivity contribution is 7.14. The van der Waals surface area contributed by atoms with E-state index < -0.39 is 0 Å². The summed E-state index contributed by atoms with van der Waals surface area (Å²) in [6, 6.07) is 20.8. The van der Waals surface area contributed by atoms with Gasteiger partial charge in [0, 0.05) is 33.8 Å². The van der Waals surface area contributed by atoms with E-state index in [0.29, 0.717) is 17.1 Å². The number of aromatic nitrogens is 1. The number of carbonyl (C=O) groups is 1. The number of amides is 1. The third kappa shape index (κ3) is 5.60. The molecule has 3 aromatic carbocycles. The number of rotatable bonds is 8. The second-order valence-electron chi connectivity index (χ2n) is 7.41. The van der Waals surface area contributed by atoms with Gasteiger partial charge in [0.25, 0.3) is 5.91 Å². The smallest absolute Gasteiger partial charge is 0.271 e. The molecule has 2 N–H and O–H groups in total. The van der Waals surface area contributed by atoms with Crippen LogP contribution in [0.1, 0.15) is 21.5 Å². The van der Waals surface area contributed by atoms with E-state index in [-0.39, 0.29) is 5.91 Å². The van der Waals surface area contributed by atoms with Gasteiger partial charge in [0.05, 0.1) is 26.1 Å². The van der Waals surface area contributed by atoms with Crippen LogP contribution in [-0.4, -0.2) is 31.3 Å². The van der Waals surface area contributed by atoms with Crippen LogP contribution in [0.25, 0.3) is 11.3 Å². The average molecular weight is 473 g/mol. The molecule has 0 aliphatic carbocycles. The molecule has 1 aromatic heterocycles. The topological polar surface area (TPSA) is 84.8 Å². The first-order chi connectivity index (χ1) is 16.6. The van der Waals surface area contributed by atoms with Crippen LogP contribution < -0.4 is 20.2 Å². The van der Waals surface area contributed by atoms with E-state index in [9.17, 15) is 4.79 Å². The maximum atomic E-state index is 12.5. The van der Waals surface area contributed by atoms with Gasteiger partial charge in [-0.1, -0.05) is 29.8 Å². The second-order valence-corrected chi connectivity index (χ2v) is 8.27. The monoisotopic (exact) mass is 472 g/mol. The minimum Gasteiger partial charge on any atom is -0.497 e. The van der Waals surface area contributed by atoms with Crippen molar-refractivity contribution in [3.63, 3.8) is 0 Å². The molecule has 0 spiro atoms. The lowest BCUT2D eigenvalue weighted by Crippen LogP contribution is -2.17. The lowest BCUT2D eigenvalue weighted by atomic mass is 10.1. The fraction of sp³-hybridized carbons (Fsp3) is 0.115. The summed E-state index contributed by atoms with van der Waals surface area (Å²) in [6.07, 6.45) is 1.53. The molecule has 0 atom stereocenters. The van der Waals surface area contributed by atoms with Crippen LogP contribution in [0.4, 0.5) is 10.8 Å². The number of hydrazone groups is 1. The number of nitrogens with one attached hydrogen (secondary N) is 2. The number of carbonyl (C=O) groups excluding carboxylic acids is 1. The van der Waals surface area contributed by atoms with Crippen molar-refractivity contribution in [2.75, 3.05) is 19.5 Å². The number of aryl methyl sites for hydroxylation is 1. The van der Waals surface area contributed by atoms with E-state index in [0.717, 1.165) is 27.6 Å². The Morgan fingerprint density at radius 1 is 1.00 bits per heavy atom. The Hall–Kier alpha value is -4.17. The molecule has 4 rings (SSSR count). The van der Waals surface area contributed by atoms with E-state index >= 15 is 0 Å². The van der Waals surface area contributed by atoms with E-state index in [4.69, 9.17) is 9.47 Å². The first kappa shape index (κ1) is 23.0. The third-order valence-electron chi connectivity index (χ3n) is 5.06. The molecule has 34 heavy (non-hydrogen) atoms. The molecule has 0 radical (unpaired) electrons. The van der Waals surface area contributed by atoms with Crippen molar-refractivity contribution in [1.82, 2.24) is 10.4 Å². The number of thiazole rings is 1. The molecule has 0 saturated heterocycles. The van der Waals surface area contributed by atoms with Crippen molar-refractivity contribution >= 4 is 34.3 Å². The molecule has 0 fully saturated rings. The van der Waals surface area contributed by atoms with Gasteiger partial charge in [-0.3, -0.25) is 4.79 Å². The standard InChI is InChI=1S/C26H24N4O3S/c1-17-4-11-21(12-5-17)28-26-29-23(16-34-26)18-6-8-19(9-7-18)25(31)30-27-15-20-10-13-22(32-2)14-24(20)33-3/h4-16H,1-3H3,(H,28,29)(H,30,31)/b27-15-. The van der Waals surface area contributed by atoms with E-state index in [1.807, 2.05) is 29.6 Å². The maximum absolute atomic E-state index is 12.5. The number of methoxy groups -OCH3 is 2. The lowest BCUT2D eigenvalue weighted by Gasteiger charge is -2.07. The van der Waals surface area contributed by atoms with Crippen molar-refractivity contribution in [2.24, 2.45) is 5.10 Å². The highest BCUT2D eigenvalue weighted by Gasteiger charge is 2.09. The largest absolute Gasteiger partial charge is 0.497 e. The minimum absolute atomic E-state index is 0.310. The quantitative estimate of drug-likeness (QED) is 0.256. The first-order valence-corrected chi connectivity index (χ1v) is 11.4. The molecule has 1 amide bonds. The highest BCUT2D eigenvalue weighted by Crippen LogP contribution is 2.27. The van der Waals surface area contributed by atoms with Crippen LogP contribution >= 0.6 is 11.3 Å². The van der Waals surface area contributed by atoms with Gasteiger partial charge in [-0.2, -0.15) is 5.10 Å². The van der Waals surface area contributed by atoms with Crippen LogP contribution in [0.5, 0.6) is 11.5 Å². The zero-order valence-corrected chi connectivity index (χ0v) is 19.8. The van der Waals surface area contributed by atoms with E-state index in [1.54, 1.807) is 44.6 Å². The van der Waals surface area contributed by atoms with Crippen molar-refractivity contribution in [3.05, 3.63) is 88.8 Å². The lowest BCUT2D eigenvalue weighted by molar-refractivity contribution is 0.0955. The van der Waals surface area contributed by atoms with E-state index in [2.05, 4.69) is 39.9 Å². The molecular formula is C26H24N4O3S. The number of anilines is 2. The van der Waals surface area contributed by atoms with Crippen molar-refractivity contribution < 1.29 is 14.3 Å². The van der Waals surface area contributed by atoms with Crippen LogP contribution in [0.15, 0.2) is 77.2 Å². The summed E-state index contributed by atoms with van der Waals surface area (Å²) in [6.45, 7) is 2.06. The predicted molar refractivity (Wildman–Crippen MR) is 137 cm³/mol. The van der Waals surface area contributed by atoms with Gasteiger partial charge in [-0.15, -0.1) is 11.3 Å². The second kappa shape index (κ2) is 10.6. The summed E-state index contributed by atoms with van der Waals surface area (Å²) < 4.78 is 10.5. The van der Waals surface area contributed by atoms with Gasteiger partial charge in [0.2, 0.25) is 0 Å². The van der Waals surface area contributed by atoms with Gasteiger partial charge >= 0.3 is 0 Å².